The third-order valence-corrected chi connectivity index (χ3v) is 3.31. The van der Waals surface area contributed by atoms with Crippen molar-refractivity contribution in [1.29, 1.82) is 0 Å². The van der Waals surface area contributed by atoms with E-state index in [2.05, 4.69) is 5.32 Å². The fraction of sp³-hybridized carbons (Fsp3) is 0.235. The van der Waals surface area contributed by atoms with Crippen LogP contribution in [0.4, 0.5) is 16.2 Å². The number of methoxy groups -OCH3 is 1. The Labute approximate surface area is 125 Å². The maximum atomic E-state index is 12.4. The summed E-state index contributed by atoms with van der Waals surface area (Å²) in [5, 5.41) is 2.90. The number of ether oxygens (including phenoxy) is 1. The van der Waals surface area contributed by atoms with Crippen molar-refractivity contribution in [2.45, 2.75) is 13.8 Å². The average Bonchev–Trinajstić information content (AvgIpc) is 2.50. The highest BCUT2D eigenvalue weighted by atomic mass is 16.5. The van der Waals surface area contributed by atoms with Crippen LogP contribution in [0, 0.1) is 6.92 Å². The molecule has 0 heterocycles. The molecule has 2 aromatic carbocycles. The van der Waals surface area contributed by atoms with Crippen LogP contribution in [0.5, 0.6) is 5.75 Å². The summed E-state index contributed by atoms with van der Waals surface area (Å²) in [4.78, 5) is 14.2. The molecule has 4 nitrogen and oxygen atoms in total. The second-order valence-corrected chi connectivity index (χ2v) is 4.69. The molecule has 0 aliphatic carbocycles. The van der Waals surface area contributed by atoms with E-state index in [0.717, 1.165) is 22.7 Å². The molecule has 21 heavy (non-hydrogen) atoms. The summed E-state index contributed by atoms with van der Waals surface area (Å²) in [5.41, 5.74) is 2.74. The molecule has 0 saturated heterocycles. The van der Waals surface area contributed by atoms with Gasteiger partial charge in [0, 0.05) is 17.9 Å². The van der Waals surface area contributed by atoms with Crippen LogP contribution < -0.4 is 15.0 Å². The molecule has 0 aromatic heterocycles. The minimum Gasteiger partial charge on any atom is -0.497 e. The van der Waals surface area contributed by atoms with Gasteiger partial charge >= 0.3 is 6.03 Å². The molecule has 2 rings (SSSR count). The zero-order valence-corrected chi connectivity index (χ0v) is 12.6. The van der Waals surface area contributed by atoms with Gasteiger partial charge in [0.1, 0.15) is 5.75 Å². The number of nitrogens with zero attached hydrogens (tertiary/aromatic N) is 1. The average molecular weight is 284 g/mol. The lowest BCUT2D eigenvalue weighted by atomic mass is 10.2. The predicted octanol–water partition coefficient (Wildman–Crippen LogP) is 4.06. The van der Waals surface area contributed by atoms with Crippen LogP contribution in [0.15, 0.2) is 48.5 Å². The van der Waals surface area contributed by atoms with Crippen molar-refractivity contribution >= 4 is 17.4 Å². The number of carbonyl (C=O) groups is 1. The maximum Gasteiger partial charge on any atom is 0.326 e. The molecule has 0 aliphatic rings. The quantitative estimate of drug-likeness (QED) is 0.919. The van der Waals surface area contributed by atoms with Gasteiger partial charge in [-0.1, -0.05) is 18.2 Å². The fourth-order valence-corrected chi connectivity index (χ4v) is 2.15. The Balaban J connectivity index is 2.15. The highest BCUT2D eigenvalue weighted by Crippen LogP contribution is 2.21. The van der Waals surface area contributed by atoms with Crippen molar-refractivity contribution in [3.63, 3.8) is 0 Å². The number of urea groups is 1. The second kappa shape index (κ2) is 6.79. The lowest BCUT2D eigenvalue weighted by Crippen LogP contribution is -2.35. The second-order valence-electron chi connectivity index (χ2n) is 4.69. The Morgan fingerprint density at radius 3 is 2.38 bits per heavy atom. The summed E-state index contributed by atoms with van der Waals surface area (Å²) in [6, 6.07) is 15.0. The van der Waals surface area contributed by atoms with Crippen LogP contribution in [-0.2, 0) is 0 Å². The van der Waals surface area contributed by atoms with Crippen LogP contribution >= 0.6 is 0 Å². The molecule has 1 N–H and O–H groups in total. The highest BCUT2D eigenvalue weighted by molar-refractivity contribution is 6.02. The number of aryl methyl sites for hydroxylation is 1. The standard InChI is InChI=1S/C17H20N2O2/c1-4-19(16-8-6-5-7-13(16)2)17(20)18-14-9-11-15(21-3)12-10-14/h5-12H,4H2,1-3H3,(H,18,20). The van der Waals surface area contributed by atoms with E-state index in [1.807, 2.05) is 62.4 Å². The van der Waals surface area contributed by atoms with E-state index >= 15 is 0 Å². The minimum atomic E-state index is -0.142. The molecule has 110 valence electrons. The summed E-state index contributed by atoms with van der Waals surface area (Å²) in [7, 11) is 1.62. The molecule has 0 unspecified atom stereocenters. The first-order chi connectivity index (χ1) is 10.2. The van der Waals surface area contributed by atoms with Gasteiger partial charge in [0.05, 0.1) is 7.11 Å². The Bertz CT molecular complexity index is 608. The number of nitrogens with one attached hydrogen (secondary N) is 1. The van der Waals surface area contributed by atoms with Crippen LogP contribution in [0.3, 0.4) is 0 Å². The van der Waals surface area contributed by atoms with Gasteiger partial charge in [0.2, 0.25) is 0 Å². The number of anilines is 2. The first kappa shape index (κ1) is 14.9. The number of para-hydroxylation sites is 1. The Kier molecular flexibility index (Phi) is 4.82. The fourth-order valence-electron chi connectivity index (χ4n) is 2.15. The van der Waals surface area contributed by atoms with Crippen molar-refractivity contribution < 1.29 is 9.53 Å². The van der Waals surface area contributed by atoms with E-state index in [0.29, 0.717) is 6.54 Å². The lowest BCUT2D eigenvalue weighted by molar-refractivity contribution is 0.257. The van der Waals surface area contributed by atoms with Gasteiger partial charge in [0.25, 0.3) is 0 Å². The van der Waals surface area contributed by atoms with Crippen LogP contribution in [0.1, 0.15) is 12.5 Å². The zero-order valence-electron chi connectivity index (χ0n) is 12.6. The van der Waals surface area contributed by atoms with E-state index in [9.17, 15) is 4.79 Å². The maximum absolute atomic E-state index is 12.4. The largest absolute Gasteiger partial charge is 0.497 e. The molecule has 0 spiro atoms. The topological polar surface area (TPSA) is 41.6 Å². The smallest absolute Gasteiger partial charge is 0.326 e. The number of benzene rings is 2. The molecule has 2 aromatic rings. The van der Waals surface area contributed by atoms with Gasteiger partial charge in [-0.05, 0) is 49.7 Å². The minimum absolute atomic E-state index is 0.142. The molecule has 0 saturated carbocycles. The molecule has 2 amide bonds. The van der Waals surface area contributed by atoms with Crippen molar-refractivity contribution in [2.75, 3.05) is 23.9 Å². The van der Waals surface area contributed by atoms with Gasteiger partial charge < -0.3 is 10.1 Å². The van der Waals surface area contributed by atoms with Crippen molar-refractivity contribution in [2.24, 2.45) is 0 Å². The van der Waals surface area contributed by atoms with E-state index in [4.69, 9.17) is 4.74 Å². The first-order valence-electron chi connectivity index (χ1n) is 6.94. The van der Waals surface area contributed by atoms with E-state index in [1.165, 1.54) is 0 Å². The molecular weight excluding hydrogens is 264 g/mol. The van der Waals surface area contributed by atoms with E-state index in [1.54, 1.807) is 12.0 Å². The normalized spacial score (nSPS) is 10.0. The van der Waals surface area contributed by atoms with E-state index in [-0.39, 0.29) is 6.03 Å². The Morgan fingerprint density at radius 1 is 1.14 bits per heavy atom. The van der Waals surface area contributed by atoms with Crippen LogP contribution in [0.25, 0.3) is 0 Å². The number of hydrogen-bond donors (Lipinski definition) is 1. The molecule has 0 bridgehead atoms. The van der Waals surface area contributed by atoms with Gasteiger partial charge in [0.15, 0.2) is 0 Å². The molecule has 4 heteroatoms. The SMILES string of the molecule is CCN(C(=O)Nc1ccc(OC)cc1)c1ccccc1C. The first-order valence-corrected chi connectivity index (χ1v) is 6.94. The third-order valence-electron chi connectivity index (χ3n) is 3.31. The summed E-state index contributed by atoms with van der Waals surface area (Å²) in [6.07, 6.45) is 0. The zero-order chi connectivity index (χ0) is 15.2. The van der Waals surface area contributed by atoms with E-state index < -0.39 is 0 Å². The van der Waals surface area contributed by atoms with Crippen molar-refractivity contribution in [3.05, 3.63) is 54.1 Å². The van der Waals surface area contributed by atoms with Crippen molar-refractivity contribution in [3.8, 4) is 5.75 Å². The molecule has 0 radical (unpaired) electrons. The highest BCUT2D eigenvalue weighted by Gasteiger charge is 2.15. The van der Waals surface area contributed by atoms with Gasteiger partial charge in [-0.3, -0.25) is 4.90 Å². The summed E-state index contributed by atoms with van der Waals surface area (Å²) < 4.78 is 5.10. The molecule has 0 aliphatic heterocycles. The Hall–Kier alpha value is -2.49. The Morgan fingerprint density at radius 2 is 1.81 bits per heavy atom. The number of amides is 2. The molecule has 0 fully saturated rings. The van der Waals surface area contributed by atoms with Gasteiger partial charge in [-0.25, -0.2) is 4.79 Å². The molecular formula is C17H20N2O2. The van der Waals surface area contributed by atoms with Gasteiger partial charge in [-0.2, -0.15) is 0 Å². The van der Waals surface area contributed by atoms with Crippen LogP contribution in [0.2, 0.25) is 0 Å². The number of carbonyl (C=O) groups excluding carboxylic acids is 1. The third kappa shape index (κ3) is 3.54. The predicted molar refractivity (Wildman–Crippen MR) is 86.2 cm³/mol. The summed E-state index contributed by atoms with van der Waals surface area (Å²) in [5.74, 6) is 0.763. The monoisotopic (exact) mass is 284 g/mol. The van der Waals surface area contributed by atoms with Crippen molar-refractivity contribution in [1.82, 2.24) is 0 Å². The summed E-state index contributed by atoms with van der Waals surface area (Å²) >= 11 is 0. The number of hydrogen-bond acceptors (Lipinski definition) is 2. The van der Waals surface area contributed by atoms with Crippen LogP contribution in [-0.4, -0.2) is 19.7 Å². The van der Waals surface area contributed by atoms with Gasteiger partial charge in [-0.15, -0.1) is 0 Å². The summed E-state index contributed by atoms with van der Waals surface area (Å²) in [6.45, 7) is 4.56. The lowest BCUT2D eigenvalue weighted by Gasteiger charge is -2.23. The molecule has 0 atom stereocenters. The number of rotatable bonds is 4.